The molecule has 1 N–H and O–H groups in total. The van der Waals surface area contributed by atoms with Crippen LogP contribution in [0.3, 0.4) is 0 Å². The zero-order chi connectivity index (χ0) is 18.1. The lowest BCUT2D eigenvalue weighted by Gasteiger charge is -2.34. The molecule has 0 spiro atoms. The molecule has 1 atom stereocenters. The summed E-state index contributed by atoms with van der Waals surface area (Å²) >= 11 is 0. The predicted octanol–water partition coefficient (Wildman–Crippen LogP) is 3.73. The Hall–Kier alpha value is -2.63. The Morgan fingerprint density at radius 1 is 1.19 bits per heavy atom. The molecule has 1 aliphatic carbocycles. The van der Waals surface area contributed by atoms with Gasteiger partial charge < -0.3 is 9.73 Å². The Kier molecular flexibility index (Phi) is 4.26. The van der Waals surface area contributed by atoms with Gasteiger partial charge in [0.15, 0.2) is 5.76 Å². The fourth-order valence-corrected chi connectivity index (χ4v) is 4.07. The van der Waals surface area contributed by atoms with Gasteiger partial charge in [-0.15, -0.1) is 0 Å². The van der Waals surface area contributed by atoms with Crippen molar-refractivity contribution in [3.05, 3.63) is 42.4 Å². The number of amides is 3. The summed E-state index contributed by atoms with van der Waals surface area (Å²) in [6.07, 6.45) is 7.02. The maximum Gasteiger partial charge on any atom is 0.325 e. The molecule has 0 bridgehead atoms. The third-order valence-corrected chi connectivity index (χ3v) is 5.63. The second kappa shape index (κ2) is 6.59. The monoisotopic (exact) mass is 353 g/mol. The molecule has 4 rings (SSSR count). The fourth-order valence-electron chi connectivity index (χ4n) is 4.07. The highest BCUT2D eigenvalue weighted by Gasteiger charge is 2.52. The first-order valence-corrected chi connectivity index (χ1v) is 9.22. The first kappa shape index (κ1) is 16.8. The summed E-state index contributed by atoms with van der Waals surface area (Å²) in [4.78, 5) is 30.9. The molecule has 2 aliphatic rings. The molecule has 136 valence electrons. The lowest BCUT2D eigenvalue weighted by molar-refractivity contribution is -0.133. The number of urea groups is 1. The topological polar surface area (TPSA) is 75.4 Å². The SMILES string of the molecule is C[C@]1(C2CCCCC2)NC(=O)N(Cc2ncc(-c3ccccc3)o2)C1=O. The van der Waals surface area contributed by atoms with Crippen LogP contribution < -0.4 is 5.32 Å². The molecule has 1 aliphatic heterocycles. The second-order valence-corrected chi connectivity index (χ2v) is 7.34. The third kappa shape index (κ3) is 2.89. The van der Waals surface area contributed by atoms with Crippen LogP contribution in [0, 0.1) is 5.92 Å². The van der Waals surface area contributed by atoms with Gasteiger partial charge in [0.05, 0.1) is 6.20 Å². The summed E-state index contributed by atoms with van der Waals surface area (Å²) in [5, 5.41) is 2.93. The maximum absolute atomic E-state index is 13.0. The van der Waals surface area contributed by atoms with Crippen LogP contribution in [-0.2, 0) is 11.3 Å². The Morgan fingerprint density at radius 2 is 1.92 bits per heavy atom. The number of rotatable bonds is 4. The van der Waals surface area contributed by atoms with Crippen LogP contribution in [0.25, 0.3) is 11.3 Å². The number of oxazole rings is 1. The van der Waals surface area contributed by atoms with Crippen molar-refractivity contribution in [1.29, 1.82) is 0 Å². The summed E-state index contributed by atoms with van der Waals surface area (Å²) in [6, 6.07) is 9.27. The number of carbonyl (C=O) groups is 2. The smallest absolute Gasteiger partial charge is 0.325 e. The van der Waals surface area contributed by atoms with E-state index in [4.69, 9.17) is 4.42 Å². The van der Waals surface area contributed by atoms with Gasteiger partial charge in [0.25, 0.3) is 5.91 Å². The van der Waals surface area contributed by atoms with Crippen molar-refractivity contribution >= 4 is 11.9 Å². The Balaban J connectivity index is 1.51. The highest BCUT2D eigenvalue weighted by atomic mass is 16.4. The first-order valence-electron chi connectivity index (χ1n) is 9.22. The highest BCUT2D eigenvalue weighted by molar-refractivity contribution is 6.06. The van der Waals surface area contributed by atoms with Crippen LogP contribution in [0.2, 0.25) is 0 Å². The van der Waals surface area contributed by atoms with Crippen molar-refractivity contribution in [3.63, 3.8) is 0 Å². The molecule has 6 heteroatoms. The number of nitrogens with zero attached hydrogens (tertiary/aromatic N) is 2. The molecule has 3 amide bonds. The van der Waals surface area contributed by atoms with E-state index in [1.54, 1.807) is 6.20 Å². The quantitative estimate of drug-likeness (QED) is 0.850. The van der Waals surface area contributed by atoms with Crippen molar-refractivity contribution < 1.29 is 14.0 Å². The summed E-state index contributed by atoms with van der Waals surface area (Å²) < 4.78 is 5.76. The highest BCUT2D eigenvalue weighted by Crippen LogP contribution is 2.36. The molecule has 0 radical (unpaired) electrons. The van der Waals surface area contributed by atoms with E-state index in [9.17, 15) is 9.59 Å². The summed E-state index contributed by atoms with van der Waals surface area (Å²) in [5.41, 5.74) is 0.0994. The lowest BCUT2D eigenvalue weighted by atomic mass is 9.75. The van der Waals surface area contributed by atoms with Crippen LogP contribution in [0.15, 0.2) is 40.9 Å². The third-order valence-electron chi connectivity index (χ3n) is 5.63. The van der Waals surface area contributed by atoms with Crippen molar-refractivity contribution in [2.45, 2.75) is 51.1 Å². The van der Waals surface area contributed by atoms with Gasteiger partial charge >= 0.3 is 6.03 Å². The maximum atomic E-state index is 13.0. The van der Waals surface area contributed by atoms with Crippen LogP contribution in [0.4, 0.5) is 4.79 Å². The zero-order valence-electron chi connectivity index (χ0n) is 14.9. The molecule has 6 nitrogen and oxygen atoms in total. The van der Waals surface area contributed by atoms with E-state index in [1.807, 2.05) is 37.3 Å². The minimum absolute atomic E-state index is 0.0554. The molecular weight excluding hydrogens is 330 g/mol. The number of benzene rings is 1. The predicted molar refractivity (Wildman–Crippen MR) is 96.0 cm³/mol. The van der Waals surface area contributed by atoms with E-state index in [2.05, 4.69) is 10.3 Å². The minimum atomic E-state index is -0.813. The van der Waals surface area contributed by atoms with Gasteiger partial charge in [-0.05, 0) is 25.7 Å². The number of carbonyl (C=O) groups excluding carboxylic acids is 2. The molecule has 1 aromatic heterocycles. The molecule has 1 aromatic carbocycles. The van der Waals surface area contributed by atoms with E-state index >= 15 is 0 Å². The Bertz CT molecular complexity index is 811. The van der Waals surface area contributed by atoms with E-state index in [1.165, 1.54) is 11.3 Å². The van der Waals surface area contributed by atoms with E-state index in [0.717, 1.165) is 31.2 Å². The molecule has 1 saturated carbocycles. The lowest BCUT2D eigenvalue weighted by Crippen LogP contribution is -2.51. The minimum Gasteiger partial charge on any atom is -0.439 e. The Labute approximate surface area is 152 Å². The fraction of sp³-hybridized carbons (Fsp3) is 0.450. The summed E-state index contributed by atoms with van der Waals surface area (Å²) in [5.74, 6) is 1.01. The number of hydrogen-bond donors (Lipinski definition) is 1. The Morgan fingerprint density at radius 3 is 2.65 bits per heavy atom. The molecule has 26 heavy (non-hydrogen) atoms. The van der Waals surface area contributed by atoms with Crippen molar-refractivity contribution in [1.82, 2.24) is 15.2 Å². The van der Waals surface area contributed by atoms with Crippen LogP contribution in [0.5, 0.6) is 0 Å². The standard InChI is InChI=1S/C20H23N3O3/c1-20(15-10-6-3-7-11-15)18(24)23(19(25)22-20)13-17-21-12-16(26-17)14-8-4-2-5-9-14/h2,4-5,8-9,12,15H,3,6-7,10-11,13H2,1H3,(H,22,25)/t20-/m1/s1. The van der Waals surface area contributed by atoms with E-state index in [-0.39, 0.29) is 24.4 Å². The van der Waals surface area contributed by atoms with Crippen LogP contribution >= 0.6 is 0 Å². The van der Waals surface area contributed by atoms with Gasteiger partial charge in [-0.2, -0.15) is 0 Å². The number of hydrogen-bond acceptors (Lipinski definition) is 4. The first-order chi connectivity index (χ1) is 12.6. The molecular formula is C20H23N3O3. The van der Waals surface area contributed by atoms with Crippen molar-refractivity contribution in [2.24, 2.45) is 5.92 Å². The van der Waals surface area contributed by atoms with Crippen molar-refractivity contribution in [2.75, 3.05) is 0 Å². The van der Waals surface area contributed by atoms with Gasteiger partial charge in [-0.1, -0.05) is 49.6 Å². The molecule has 0 unspecified atom stereocenters. The van der Waals surface area contributed by atoms with Gasteiger partial charge in [0.2, 0.25) is 5.89 Å². The molecule has 2 fully saturated rings. The van der Waals surface area contributed by atoms with Crippen LogP contribution in [0.1, 0.15) is 44.9 Å². The normalized spacial score (nSPS) is 24.1. The van der Waals surface area contributed by atoms with Gasteiger partial charge in [0, 0.05) is 5.56 Å². The van der Waals surface area contributed by atoms with E-state index < -0.39 is 5.54 Å². The van der Waals surface area contributed by atoms with Gasteiger partial charge in [0.1, 0.15) is 12.1 Å². The number of imide groups is 1. The van der Waals surface area contributed by atoms with Crippen molar-refractivity contribution in [3.8, 4) is 11.3 Å². The van der Waals surface area contributed by atoms with E-state index in [0.29, 0.717) is 11.7 Å². The largest absolute Gasteiger partial charge is 0.439 e. The molecule has 2 aromatic rings. The average Bonchev–Trinajstić information content (AvgIpc) is 3.23. The van der Waals surface area contributed by atoms with Gasteiger partial charge in [-0.25, -0.2) is 9.78 Å². The second-order valence-electron chi connectivity index (χ2n) is 7.34. The molecule has 1 saturated heterocycles. The van der Waals surface area contributed by atoms with Gasteiger partial charge in [-0.3, -0.25) is 9.69 Å². The summed E-state index contributed by atoms with van der Waals surface area (Å²) in [6.45, 7) is 1.91. The zero-order valence-corrected chi connectivity index (χ0v) is 14.9. The van der Waals surface area contributed by atoms with Crippen LogP contribution in [-0.4, -0.2) is 27.4 Å². The number of nitrogens with one attached hydrogen (secondary N) is 1. The average molecular weight is 353 g/mol. The molecule has 2 heterocycles. The number of aromatic nitrogens is 1. The summed E-state index contributed by atoms with van der Waals surface area (Å²) in [7, 11) is 0.